The van der Waals surface area contributed by atoms with Gasteiger partial charge in [0.15, 0.2) is 5.78 Å². The molecule has 0 aliphatic heterocycles. The molecule has 0 heterocycles. The number of amides is 1. The topological polar surface area (TPSA) is 57.6 Å². The number of hydrogen-bond acceptors (Lipinski definition) is 2. The van der Waals surface area contributed by atoms with E-state index in [4.69, 9.17) is 16.7 Å². The monoisotopic (exact) mass is 227 g/mol. The van der Waals surface area contributed by atoms with Crippen molar-refractivity contribution in [2.24, 2.45) is 0 Å². The molecule has 4 nitrogen and oxygen atoms in total. The smallest absolute Gasteiger partial charge is 0.411 e. The number of carbonyl (C=O) groups excluding carboxylic acids is 1. The summed E-state index contributed by atoms with van der Waals surface area (Å²) in [5.41, 5.74) is 0.660. The van der Waals surface area contributed by atoms with Crippen LogP contribution in [0.15, 0.2) is 24.3 Å². The maximum Gasteiger partial charge on any atom is 0.411 e. The molecule has 0 atom stereocenters. The molecule has 0 saturated carbocycles. The van der Waals surface area contributed by atoms with Gasteiger partial charge in [0, 0.05) is 12.6 Å². The van der Waals surface area contributed by atoms with Gasteiger partial charge in [-0.3, -0.25) is 9.69 Å². The second kappa shape index (κ2) is 4.79. The molecule has 0 aromatic heterocycles. The van der Waals surface area contributed by atoms with Gasteiger partial charge in [-0.15, -0.1) is 11.6 Å². The quantitative estimate of drug-likeness (QED) is 0.636. The molecule has 15 heavy (non-hydrogen) atoms. The summed E-state index contributed by atoms with van der Waals surface area (Å²) in [6, 6.07) is 6.45. The lowest BCUT2D eigenvalue weighted by Gasteiger charge is -2.16. The van der Waals surface area contributed by atoms with Gasteiger partial charge in [0.1, 0.15) is 0 Å². The maximum absolute atomic E-state index is 11.4. The molecule has 0 unspecified atom stereocenters. The number of halogens is 1. The molecule has 1 aromatic carbocycles. The minimum absolute atomic E-state index is 0.162. The molecule has 0 radical (unpaired) electrons. The van der Waals surface area contributed by atoms with Gasteiger partial charge in [-0.1, -0.05) is 12.1 Å². The lowest BCUT2D eigenvalue weighted by Crippen LogP contribution is -2.25. The first-order valence-electron chi connectivity index (χ1n) is 4.22. The average Bonchev–Trinajstić information content (AvgIpc) is 2.27. The summed E-state index contributed by atoms with van der Waals surface area (Å²) in [4.78, 5) is 23.1. The van der Waals surface area contributed by atoms with Crippen LogP contribution in [0.5, 0.6) is 0 Å². The number of benzene rings is 1. The molecule has 0 saturated heterocycles. The van der Waals surface area contributed by atoms with E-state index in [0.29, 0.717) is 11.3 Å². The van der Waals surface area contributed by atoms with Crippen molar-refractivity contribution in [1.82, 2.24) is 0 Å². The summed E-state index contributed by atoms with van der Waals surface area (Å²) in [5, 5.41) is 8.80. The number of alkyl halides is 1. The van der Waals surface area contributed by atoms with Crippen molar-refractivity contribution in [2.45, 2.75) is 0 Å². The number of anilines is 1. The first-order valence-corrected chi connectivity index (χ1v) is 4.76. The predicted molar refractivity (Wildman–Crippen MR) is 57.9 cm³/mol. The van der Waals surface area contributed by atoms with Crippen molar-refractivity contribution in [2.75, 3.05) is 17.8 Å². The van der Waals surface area contributed by atoms with Crippen LogP contribution in [0.3, 0.4) is 0 Å². The first kappa shape index (κ1) is 11.5. The Kier molecular flexibility index (Phi) is 3.68. The van der Waals surface area contributed by atoms with E-state index in [1.807, 2.05) is 0 Å². The van der Waals surface area contributed by atoms with E-state index < -0.39 is 6.09 Å². The van der Waals surface area contributed by atoms with E-state index in [1.165, 1.54) is 7.05 Å². The summed E-state index contributed by atoms with van der Waals surface area (Å²) in [6.45, 7) is 0. The van der Waals surface area contributed by atoms with Gasteiger partial charge in [0.05, 0.1) is 11.6 Å². The van der Waals surface area contributed by atoms with Gasteiger partial charge in [-0.2, -0.15) is 0 Å². The Labute approximate surface area is 92.1 Å². The molecule has 0 spiro atoms. The molecule has 1 aromatic rings. The molecule has 0 aliphatic rings. The molecule has 0 fully saturated rings. The summed E-state index contributed by atoms with van der Waals surface area (Å²) < 4.78 is 0. The number of ketones is 1. The third kappa shape index (κ3) is 2.47. The van der Waals surface area contributed by atoms with Crippen molar-refractivity contribution < 1.29 is 14.7 Å². The second-order valence-corrected chi connectivity index (χ2v) is 3.18. The number of Topliss-reactive ketones (excluding diaryl/α,β-unsaturated/α-hetero) is 1. The summed E-state index contributed by atoms with van der Waals surface area (Å²) >= 11 is 5.43. The molecule has 80 valence electrons. The van der Waals surface area contributed by atoms with Gasteiger partial charge < -0.3 is 5.11 Å². The third-order valence-electron chi connectivity index (χ3n) is 1.97. The van der Waals surface area contributed by atoms with E-state index in [0.717, 1.165) is 4.90 Å². The Hall–Kier alpha value is -1.55. The van der Waals surface area contributed by atoms with Gasteiger partial charge in [0.25, 0.3) is 0 Å². The van der Waals surface area contributed by atoms with Crippen LogP contribution in [0.4, 0.5) is 10.5 Å². The van der Waals surface area contributed by atoms with Gasteiger partial charge >= 0.3 is 6.09 Å². The minimum atomic E-state index is -1.12. The Bertz CT molecular complexity index is 392. The molecule has 0 aliphatic carbocycles. The Morgan fingerprint density at radius 1 is 1.40 bits per heavy atom. The number of hydrogen-bond donors (Lipinski definition) is 1. The summed E-state index contributed by atoms with van der Waals surface area (Å²) in [7, 11) is 1.38. The van der Waals surface area contributed by atoms with Gasteiger partial charge in [-0.05, 0) is 12.1 Å². The minimum Gasteiger partial charge on any atom is -0.465 e. The molecular formula is C10H10ClNO3. The second-order valence-electron chi connectivity index (χ2n) is 2.92. The van der Waals surface area contributed by atoms with Crippen LogP contribution in [-0.4, -0.2) is 29.9 Å². The predicted octanol–water partition coefficient (Wildman–Crippen LogP) is 2.22. The zero-order valence-corrected chi connectivity index (χ0v) is 8.86. The van der Waals surface area contributed by atoms with E-state index in [9.17, 15) is 9.59 Å². The SMILES string of the molecule is CN(C(=O)O)c1ccccc1C(=O)CCl. The molecule has 5 heteroatoms. The fourth-order valence-corrected chi connectivity index (χ4v) is 1.32. The standard InChI is InChI=1S/C10H10ClNO3/c1-12(10(14)15)8-5-3-2-4-7(8)9(13)6-11/h2-5H,6H2,1H3,(H,14,15). The normalized spacial score (nSPS) is 9.73. The Morgan fingerprint density at radius 3 is 2.53 bits per heavy atom. The van der Waals surface area contributed by atoms with Crippen LogP contribution in [0.1, 0.15) is 10.4 Å². The average molecular weight is 228 g/mol. The van der Waals surface area contributed by atoms with Crippen LogP contribution in [0, 0.1) is 0 Å². The molecule has 0 bridgehead atoms. The van der Waals surface area contributed by atoms with Crippen molar-refractivity contribution in [3.63, 3.8) is 0 Å². The lowest BCUT2D eigenvalue weighted by molar-refractivity contribution is 0.102. The number of carboxylic acid groups (broad SMARTS) is 1. The van der Waals surface area contributed by atoms with Crippen molar-refractivity contribution in [1.29, 1.82) is 0 Å². The highest BCUT2D eigenvalue weighted by molar-refractivity contribution is 6.31. The Balaban J connectivity index is 3.17. The maximum atomic E-state index is 11.4. The zero-order valence-electron chi connectivity index (χ0n) is 8.11. The number of nitrogens with zero attached hydrogens (tertiary/aromatic N) is 1. The largest absolute Gasteiger partial charge is 0.465 e. The van der Waals surface area contributed by atoms with Crippen molar-refractivity contribution in [3.05, 3.63) is 29.8 Å². The highest BCUT2D eigenvalue weighted by Crippen LogP contribution is 2.20. The molecular weight excluding hydrogens is 218 g/mol. The van der Waals surface area contributed by atoms with E-state index >= 15 is 0 Å². The zero-order chi connectivity index (χ0) is 11.4. The van der Waals surface area contributed by atoms with Crippen molar-refractivity contribution >= 4 is 29.2 Å². The number of carbonyl (C=O) groups is 2. The Morgan fingerprint density at radius 2 is 2.00 bits per heavy atom. The van der Waals surface area contributed by atoms with Crippen LogP contribution in [-0.2, 0) is 0 Å². The number of para-hydroxylation sites is 1. The van der Waals surface area contributed by atoms with Crippen LogP contribution >= 0.6 is 11.6 Å². The fraction of sp³-hybridized carbons (Fsp3) is 0.200. The van der Waals surface area contributed by atoms with Crippen molar-refractivity contribution in [3.8, 4) is 0 Å². The van der Waals surface area contributed by atoms with Crippen LogP contribution in [0.25, 0.3) is 0 Å². The van der Waals surface area contributed by atoms with E-state index in [1.54, 1.807) is 24.3 Å². The van der Waals surface area contributed by atoms with E-state index in [2.05, 4.69) is 0 Å². The lowest BCUT2D eigenvalue weighted by atomic mass is 10.1. The van der Waals surface area contributed by atoms with Gasteiger partial charge in [0.2, 0.25) is 0 Å². The summed E-state index contributed by atoms with van der Waals surface area (Å²) in [6.07, 6.45) is -1.12. The van der Waals surface area contributed by atoms with E-state index in [-0.39, 0.29) is 11.7 Å². The van der Waals surface area contributed by atoms with Gasteiger partial charge in [-0.25, -0.2) is 4.79 Å². The molecule has 1 rings (SSSR count). The highest BCUT2D eigenvalue weighted by atomic mass is 35.5. The molecule has 1 N–H and O–H groups in total. The molecule has 1 amide bonds. The third-order valence-corrected chi connectivity index (χ3v) is 2.22. The fourth-order valence-electron chi connectivity index (χ4n) is 1.18. The van der Waals surface area contributed by atoms with Crippen LogP contribution in [0.2, 0.25) is 0 Å². The van der Waals surface area contributed by atoms with Crippen LogP contribution < -0.4 is 4.90 Å². The highest BCUT2D eigenvalue weighted by Gasteiger charge is 2.16. The first-order chi connectivity index (χ1) is 7.07. The number of rotatable bonds is 3. The summed E-state index contributed by atoms with van der Waals surface area (Å²) in [5.74, 6) is -0.454.